The van der Waals surface area contributed by atoms with E-state index in [4.69, 9.17) is 0 Å². The predicted molar refractivity (Wildman–Crippen MR) is 224 cm³/mol. The number of rotatable bonds is 35. The van der Waals surface area contributed by atoms with E-state index in [2.05, 4.69) is 32.4 Å². The average molecular weight is 725 g/mol. The van der Waals surface area contributed by atoms with Crippen molar-refractivity contribution in [2.45, 2.75) is 194 Å². The predicted octanol–water partition coefficient (Wildman–Crippen LogP) is 12.8. The van der Waals surface area contributed by atoms with Crippen LogP contribution in [0, 0.1) is 23.7 Å². The molecule has 0 radical (unpaired) electrons. The van der Waals surface area contributed by atoms with Gasteiger partial charge in [0.05, 0.1) is 0 Å². The van der Waals surface area contributed by atoms with Gasteiger partial charge in [-0.2, -0.15) is 0 Å². The van der Waals surface area contributed by atoms with Crippen LogP contribution in [0.4, 0.5) is 0 Å². The molecule has 1 saturated carbocycles. The van der Waals surface area contributed by atoms with Gasteiger partial charge in [0.25, 0.3) is 0 Å². The van der Waals surface area contributed by atoms with Crippen molar-refractivity contribution in [2.75, 3.05) is 27.2 Å². The Balaban J connectivity index is 2.68. The van der Waals surface area contributed by atoms with Crippen LogP contribution >= 0.6 is 0 Å². The normalized spacial score (nSPS) is 19.0. The summed E-state index contributed by atoms with van der Waals surface area (Å²) >= 11 is 0. The van der Waals surface area contributed by atoms with Crippen LogP contribution in [0.15, 0.2) is 36.6 Å². The first-order valence-electron chi connectivity index (χ1n) is 22.3. The molecular weight excluding hydrogens is 641 g/mol. The van der Waals surface area contributed by atoms with Gasteiger partial charge in [0.15, 0.2) is 0 Å². The standard InChI is InChI=1S/C47H84N2O3/c1-6-8-10-12-18-24-33-45-43(31-22-11-9-7-2)36-37-44(32-23-17-13-15-21-27-39-49(5)47(52)35-29-41-51)46(45)34-25-19-14-16-20-26-38-48(4)42(3)30-28-40-50/h28-30,35,40-41,43-46H,3,6-27,31-34,36-39H2,1-2,4-5H3/b30-28-,35-29-. The molecule has 1 amide bonds. The summed E-state index contributed by atoms with van der Waals surface area (Å²) in [6.07, 6.45) is 45.7. The van der Waals surface area contributed by atoms with E-state index in [1.807, 2.05) is 7.05 Å². The van der Waals surface area contributed by atoms with Crippen LogP contribution in [-0.4, -0.2) is 55.5 Å². The zero-order valence-corrected chi connectivity index (χ0v) is 34.8. The fourth-order valence-electron chi connectivity index (χ4n) is 8.84. The molecule has 5 nitrogen and oxygen atoms in total. The molecular formula is C47H84N2O3. The Bertz CT molecular complexity index is 958. The lowest BCUT2D eigenvalue weighted by Crippen LogP contribution is -2.35. The Morgan fingerprint density at radius 3 is 1.35 bits per heavy atom. The van der Waals surface area contributed by atoms with Crippen LogP contribution in [0.5, 0.6) is 0 Å². The van der Waals surface area contributed by atoms with E-state index in [9.17, 15) is 14.4 Å². The van der Waals surface area contributed by atoms with Crippen LogP contribution in [-0.2, 0) is 14.4 Å². The Morgan fingerprint density at radius 2 is 0.885 bits per heavy atom. The Labute approximate surface area is 322 Å². The summed E-state index contributed by atoms with van der Waals surface area (Å²) in [4.78, 5) is 37.0. The molecule has 0 aromatic heterocycles. The molecule has 1 rings (SSSR count). The molecule has 1 fully saturated rings. The highest BCUT2D eigenvalue weighted by Gasteiger charge is 2.37. The number of hydrogen-bond donors (Lipinski definition) is 0. The summed E-state index contributed by atoms with van der Waals surface area (Å²) in [7, 11) is 3.90. The maximum atomic E-state index is 12.0. The number of likely N-dealkylation sites (N-methyl/N-ethyl adjacent to an activating group) is 2. The van der Waals surface area contributed by atoms with Gasteiger partial charge in [-0.05, 0) is 80.4 Å². The second-order valence-electron chi connectivity index (χ2n) is 16.3. The molecule has 0 aromatic carbocycles. The van der Waals surface area contributed by atoms with Crippen LogP contribution in [0.2, 0.25) is 0 Å². The van der Waals surface area contributed by atoms with Crippen molar-refractivity contribution in [1.29, 1.82) is 0 Å². The van der Waals surface area contributed by atoms with E-state index in [0.29, 0.717) is 6.29 Å². The lowest BCUT2D eigenvalue weighted by atomic mass is 9.61. The van der Waals surface area contributed by atoms with Crippen molar-refractivity contribution in [2.24, 2.45) is 23.7 Å². The Morgan fingerprint density at radius 1 is 0.519 bits per heavy atom. The third-order valence-electron chi connectivity index (χ3n) is 12.1. The van der Waals surface area contributed by atoms with Gasteiger partial charge < -0.3 is 9.80 Å². The van der Waals surface area contributed by atoms with Crippen LogP contribution in [0.3, 0.4) is 0 Å². The van der Waals surface area contributed by atoms with Crippen LogP contribution in [0.25, 0.3) is 0 Å². The second kappa shape index (κ2) is 33.4. The Kier molecular flexibility index (Phi) is 30.7. The third kappa shape index (κ3) is 23.5. The van der Waals surface area contributed by atoms with Gasteiger partial charge in [-0.3, -0.25) is 14.4 Å². The van der Waals surface area contributed by atoms with Crippen molar-refractivity contribution in [3.8, 4) is 0 Å². The number of nitrogens with zero attached hydrogens (tertiary/aromatic N) is 2. The first-order chi connectivity index (χ1) is 25.4. The van der Waals surface area contributed by atoms with E-state index in [0.717, 1.165) is 55.2 Å². The number of carbonyl (C=O) groups excluding carboxylic acids is 3. The van der Waals surface area contributed by atoms with Crippen molar-refractivity contribution >= 4 is 18.5 Å². The maximum Gasteiger partial charge on any atom is 0.246 e. The quantitative estimate of drug-likeness (QED) is 0.0283. The Hall–Kier alpha value is -2.17. The molecule has 0 heterocycles. The van der Waals surface area contributed by atoms with E-state index in [1.165, 1.54) is 192 Å². The van der Waals surface area contributed by atoms with Gasteiger partial charge in [0, 0.05) is 39.0 Å². The molecule has 0 spiro atoms. The zero-order chi connectivity index (χ0) is 38.1. The molecule has 0 aliphatic heterocycles. The highest BCUT2D eigenvalue weighted by molar-refractivity contribution is 5.90. The lowest BCUT2D eigenvalue weighted by Gasteiger charge is -2.44. The van der Waals surface area contributed by atoms with Gasteiger partial charge in [-0.15, -0.1) is 0 Å². The van der Waals surface area contributed by atoms with E-state index in [1.54, 1.807) is 11.0 Å². The topological polar surface area (TPSA) is 57.7 Å². The van der Waals surface area contributed by atoms with E-state index >= 15 is 0 Å². The van der Waals surface area contributed by atoms with Crippen LogP contribution in [0.1, 0.15) is 194 Å². The van der Waals surface area contributed by atoms with E-state index in [-0.39, 0.29) is 5.91 Å². The minimum atomic E-state index is -0.0836. The van der Waals surface area contributed by atoms with Gasteiger partial charge >= 0.3 is 0 Å². The molecule has 5 heteroatoms. The minimum absolute atomic E-state index is 0.0836. The first kappa shape index (κ1) is 47.9. The molecule has 300 valence electrons. The molecule has 0 N–H and O–H groups in total. The highest BCUT2D eigenvalue weighted by atomic mass is 16.2. The number of unbranched alkanes of at least 4 members (excludes halogenated alkanes) is 18. The molecule has 0 saturated heterocycles. The van der Waals surface area contributed by atoms with Crippen molar-refractivity contribution in [3.05, 3.63) is 36.6 Å². The molecule has 0 bridgehead atoms. The van der Waals surface area contributed by atoms with Gasteiger partial charge in [0.2, 0.25) is 5.91 Å². The lowest BCUT2D eigenvalue weighted by molar-refractivity contribution is -0.125. The SMILES string of the molecule is C=C(/C=C\C=O)N(C)CCCCCCCCC1C(CCCCCCCCN(C)C(=O)/C=C\C=O)CCC(CCCCCC)C1CCCCCCCC. The van der Waals surface area contributed by atoms with Crippen molar-refractivity contribution in [3.63, 3.8) is 0 Å². The second-order valence-corrected chi connectivity index (χ2v) is 16.3. The minimum Gasteiger partial charge on any atom is -0.375 e. The monoisotopic (exact) mass is 725 g/mol. The van der Waals surface area contributed by atoms with Crippen molar-refractivity contribution < 1.29 is 14.4 Å². The van der Waals surface area contributed by atoms with Gasteiger partial charge in [0.1, 0.15) is 12.6 Å². The average Bonchev–Trinajstić information content (AvgIpc) is 3.15. The molecule has 4 atom stereocenters. The summed E-state index contributed by atoms with van der Waals surface area (Å²) < 4.78 is 0. The first-order valence-corrected chi connectivity index (χ1v) is 22.3. The number of carbonyl (C=O) groups is 3. The number of amides is 1. The number of aldehydes is 2. The third-order valence-corrected chi connectivity index (χ3v) is 12.1. The zero-order valence-electron chi connectivity index (χ0n) is 34.8. The summed E-state index contributed by atoms with van der Waals surface area (Å²) in [5.41, 5.74) is 0.910. The summed E-state index contributed by atoms with van der Waals surface area (Å²) in [6.45, 7) is 10.5. The number of allylic oxidation sites excluding steroid dienone is 3. The largest absolute Gasteiger partial charge is 0.375 e. The van der Waals surface area contributed by atoms with Crippen LogP contribution < -0.4 is 0 Å². The molecule has 52 heavy (non-hydrogen) atoms. The van der Waals surface area contributed by atoms with E-state index < -0.39 is 0 Å². The highest BCUT2D eigenvalue weighted by Crippen LogP contribution is 2.47. The molecule has 1 aliphatic carbocycles. The summed E-state index contributed by atoms with van der Waals surface area (Å²) in [5.74, 6) is 3.68. The van der Waals surface area contributed by atoms with Gasteiger partial charge in [-0.1, -0.05) is 162 Å². The van der Waals surface area contributed by atoms with Crippen molar-refractivity contribution in [1.82, 2.24) is 9.80 Å². The summed E-state index contributed by atoms with van der Waals surface area (Å²) in [6, 6.07) is 0. The molecule has 1 aliphatic rings. The maximum absolute atomic E-state index is 12.0. The summed E-state index contributed by atoms with van der Waals surface area (Å²) in [5, 5.41) is 0. The molecule has 4 unspecified atom stereocenters. The fraction of sp³-hybridized carbons (Fsp3) is 0.809. The molecule has 0 aromatic rings. The smallest absolute Gasteiger partial charge is 0.246 e. The number of hydrogen-bond acceptors (Lipinski definition) is 4. The fourth-order valence-corrected chi connectivity index (χ4v) is 8.84. The van der Waals surface area contributed by atoms with Gasteiger partial charge in [-0.25, -0.2) is 0 Å².